The monoisotopic (exact) mass is 228 g/mol. The van der Waals surface area contributed by atoms with Crippen LogP contribution in [0.1, 0.15) is 38.3 Å². The highest BCUT2D eigenvalue weighted by atomic mass is 15.2. The number of nitrogens with two attached hydrogens (primary N) is 1. The van der Waals surface area contributed by atoms with Gasteiger partial charge in [-0.25, -0.2) is 4.98 Å². The summed E-state index contributed by atoms with van der Waals surface area (Å²) in [5.74, 6) is 0.524. The summed E-state index contributed by atoms with van der Waals surface area (Å²) >= 11 is 0. The molecule has 2 aromatic rings. The van der Waals surface area contributed by atoms with Crippen molar-refractivity contribution in [2.24, 2.45) is 0 Å². The van der Waals surface area contributed by atoms with Gasteiger partial charge in [0, 0.05) is 6.04 Å². The topological polar surface area (TPSA) is 67.6 Å². The van der Waals surface area contributed by atoms with Gasteiger partial charge in [-0.1, -0.05) is 13.3 Å². The summed E-state index contributed by atoms with van der Waals surface area (Å²) in [4.78, 5) is 4.32. The average molecular weight is 228 g/mol. The number of hydrogen-bond donors (Lipinski definition) is 1. The lowest BCUT2D eigenvalue weighted by Crippen LogP contribution is -2.08. The zero-order chi connectivity index (χ0) is 12.4. The van der Waals surface area contributed by atoms with E-state index in [1.54, 1.807) is 6.07 Å². The molecule has 0 saturated heterocycles. The summed E-state index contributed by atoms with van der Waals surface area (Å²) in [5.41, 5.74) is 8.38. The van der Waals surface area contributed by atoms with E-state index in [1.807, 2.05) is 16.7 Å². The molecule has 4 nitrogen and oxygen atoms in total. The number of rotatable bonds is 3. The summed E-state index contributed by atoms with van der Waals surface area (Å²) in [6.45, 7) is 4.27. The van der Waals surface area contributed by atoms with Crippen LogP contribution in [-0.4, -0.2) is 9.55 Å². The molecule has 1 aromatic heterocycles. The van der Waals surface area contributed by atoms with Gasteiger partial charge in [0.15, 0.2) is 0 Å². The van der Waals surface area contributed by atoms with E-state index in [0.717, 1.165) is 23.9 Å². The molecule has 0 aliphatic heterocycles. The Balaban J connectivity index is 2.60. The third-order valence-electron chi connectivity index (χ3n) is 2.99. The van der Waals surface area contributed by atoms with Gasteiger partial charge in [0.1, 0.15) is 0 Å². The first-order valence-electron chi connectivity index (χ1n) is 5.85. The van der Waals surface area contributed by atoms with Crippen molar-refractivity contribution in [2.45, 2.75) is 32.7 Å². The molecule has 2 rings (SSSR count). The first kappa shape index (κ1) is 11.5. The summed E-state index contributed by atoms with van der Waals surface area (Å²) < 4.78 is 2.01. The van der Waals surface area contributed by atoms with Gasteiger partial charge in [-0.15, -0.1) is 0 Å². The van der Waals surface area contributed by atoms with E-state index >= 15 is 0 Å². The van der Waals surface area contributed by atoms with E-state index in [1.165, 1.54) is 0 Å². The number of anilines is 1. The van der Waals surface area contributed by atoms with Crippen molar-refractivity contribution < 1.29 is 0 Å². The molecule has 1 unspecified atom stereocenters. The van der Waals surface area contributed by atoms with Crippen LogP contribution in [0, 0.1) is 11.3 Å². The third kappa shape index (κ3) is 1.96. The van der Waals surface area contributed by atoms with Gasteiger partial charge < -0.3 is 10.3 Å². The largest absolute Gasteiger partial charge is 0.369 e. The van der Waals surface area contributed by atoms with Gasteiger partial charge in [-0.3, -0.25) is 0 Å². The van der Waals surface area contributed by atoms with Crippen LogP contribution in [0.25, 0.3) is 11.0 Å². The Bertz CT molecular complexity index is 577. The lowest BCUT2D eigenvalue weighted by atomic mass is 10.1. The predicted molar refractivity (Wildman–Crippen MR) is 68.5 cm³/mol. The summed E-state index contributed by atoms with van der Waals surface area (Å²) in [6.07, 6.45) is 2.14. The van der Waals surface area contributed by atoms with Gasteiger partial charge in [-0.05, 0) is 31.5 Å². The van der Waals surface area contributed by atoms with E-state index in [2.05, 4.69) is 24.9 Å². The molecule has 0 amide bonds. The number of benzene rings is 1. The smallest absolute Gasteiger partial charge is 0.201 e. The molecule has 17 heavy (non-hydrogen) atoms. The molecule has 0 saturated carbocycles. The van der Waals surface area contributed by atoms with Gasteiger partial charge in [0.05, 0.1) is 22.7 Å². The number of fused-ring (bicyclic) bond motifs is 1. The van der Waals surface area contributed by atoms with Crippen LogP contribution >= 0.6 is 0 Å². The fraction of sp³-hybridized carbons (Fsp3) is 0.385. The van der Waals surface area contributed by atoms with Gasteiger partial charge in [-0.2, -0.15) is 5.26 Å². The van der Waals surface area contributed by atoms with Crippen LogP contribution in [0.15, 0.2) is 18.2 Å². The minimum atomic E-state index is 0.305. The normalized spacial score (nSPS) is 12.5. The first-order valence-corrected chi connectivity index (χ1v) is 5.85. The van der Waals surface area contributed by atoms with Crippen LogP contribution in [-0.2, 0) is 0 Å². The van der Waals surface area contributed by atoms with E-state index in [4.69, 9.17) is 11.0 Å². The molecule has 0 spiro atoms. The summed E-state index contributed by atoms with van der Waals surface area (Å²) in [7, 11) is 0. The standard InChI is InChI=1S/C13H16N4/c1-3-4-9(2)17-12-7-10(8-14)5-6-11(12)16-13(17)15/h5-7,9H,3-4H2,1-2H3,(H2,15,16). The number of hydrogen-bond acceptors (Lipinski definition) is 3. The van der Waals surface area contributed by atoms with Crippen LogP contribution in [0.2, 0.25) is 0 Å². The fourth-order valence-electron chi connectivity index (χ4n) is 2.19. The van der Waals surface area contributed by atoms with Crippen molar-refractivity contribution in [1.82, 2.24) is 9.55 Å². The molecule has 1 aromatic carbocycles. The van der Waals surface area contributed by atoms with Crippen molar-refractivity contribution in [3.63, 3.8) is 0 Å². The van der Waals surface area contributed by atoms with Gasteiger partial charge in [0.25, 0.3) is 0 Å². The molecule has 2 N–H and O–H groups in total. The second-order valence-electron chi connectivity index (χ2n) is 4.29. The van der Waals surface area contributed by atoms with E-state index in [0.29, 0.717) is 17.6 Å². The van der Waals surface area contributed by atoms with Crippen molar-refractivity contribution in [3.8, 4) is 6.07 Å². The van der Waals surface area contributed by atoms with Crippen LogP contribution in [0.4, 0.5) is 5.95 Å². The van der Waals surface area contributed by atoms with E-state index < -0.39 is 0 Å². The first-order chi connectivity index (χ1) is 8.17. The van der Waals surface area contributed by atoms with E-state index in [9.17, 15) is 0 Å². The lowest BCUT2D eigenvalue weighted by Gasteiger charge is -2.14. The van der Waals surface area contributed by atoms with Gasteiger partial charge >= 0.3 is 0 Å². The van der Waals surface area contributed by atoms with Crippen molar-refractivity contribution in [2.75, 3.05) is 5.73 Å². The Kier molecular flexibility index (Phi) is 3.01. The lowest BCUT2D eigenvalue weighted by molar-refractivity contribution is 0.518. The van der Waals surface area contributed by atoms with Crippen LogP contribution in [0.5, 0.6) is 0 Å². The molecule has 0 aliphatic rings. The number of nitrogens with zero attached hydrogens (tertiary/aromatic N) is 3. The highest BCUT2D eigenvalue weighted by Gasteiger charge is 2.13. The van der Waals surface area contributed by atoms with Crippen LogP contribution in [0.3, 0.4) is 0 Å². The molecular formula is C13H16N4. The number of nitriles is 1. The molecule has 88 valence electrons. The zero-order valence-corrected chi connectivity index (χ0v) is 10.1. The van der Waals surface area contributed by atoms with Crippen molar-refractivity contribution in [3.05, 3.63) is 23.8 Å². The third-order valence-corrected chi connectivity index (χ3v) is 2.99. The zero-order valence-electron chi connectivity index (χ0n) is 10.1. The maximum absolute atomic E-state index is 8.93. The Morgan fingerprint density at radius 2 is 2.29 bits per heavy atom. The molecule has 1 heterocycles. The molecule has 0 fully saturated rings. The average Bonchev–Trinajstić information content (AvgIpc) is 2.64. The maximum atomic E-state index is 8.93. The highest BCUT2D eigenvalue weighted by molar-refractivity contribution is 5.80. The number of imidazole rings is 1. The van der Waals surface area contributed by atoms with Crippen molar-refractivity contribution >= 4 is 17.0 Å². The molecule has 4 heteroatoms. The second-order valence-corrected chi connectivity index (χ2v) is 4.29. The maximum Gasteiger partial charge on any atom is 0.201 e. The quantitative estimate of drug-likeness (QED) is 0.878. The summed E-state index contributed by atoms with van der Waals surface area (Å²) in [6, 6.07) is 7.92. The Labute approximate surface area is 101 Å². The summed E-state index contributed by atoms with van der Waals surface area (Å²) in [5, 5.41) is 8.93. The second kappa shape index (κ2) is 4.46. The molecule has 0 bridgehead atoms. The minimum absolute atomic E-state index is 0.305. The van der Waals surface area contributed by atoms with E-state index in [-0.39, 0.29) is 0 Å². The highest BCUT2D eigenvalue weighted by Crippen LogP contribution is 2.25. The Morgan fingerprint density at radius 1 is 1.53 bits per heavy atom. The number of aromatic nitrogens is 2. The minimum Gasteiger partial charge on any atom is -0.369 e. The molecular weight excluding hydrogens is 212 g/mol. The van der Waals surface area contributed by atoms with Crippen LogP contribution < -0.4 is 5.73 Å². The fourth-order valence-corrected chi connectivity index (χ4v) is 2.19. The Hall–Kier alpha value is -2.02. The molecule has 0 aliphatic carbocycles. The Morgan fingerprint density at radius 3 is 2.94 bits per heavy atom. The van der Waals surface area contributed by atoms with Crippen molar-refractivity contribution in [1.29, 1.82) is 5.26 Å². The molecule has 0 radical (unpaired) electrons. The molecule has 1 atom stereocenters. The predicted octanol–water partition coefficient (Wildman–Crippen LogP) is 2.85. The SMILES string of the molecule is CCCC(C)n1c(N)nc2ccc(C#N)cc21. The van der Waals surface area contributed by atoms with Gasteiger partial charge in [0.2, 0.25) is 5.95 Å². The number of nitrogen functional groups attached to an aromatic ring is 1.